The number of nitrogens with one attached hydrogen (secondary N) is 5. The van der Waals surface area contributed by atoms with Crippen LogP contribution >= 0.6 is 0 Å². The Morgan fingerprint density at radius 3 is 2.21 bits per heavy atom. The zero-order chi connectivity index (χ0) is 41.3. The van der Waals surface area contributed by atoms with Gasteiger partial charge in [0, 0.05) is 37.5 Å². The number of ketones is 1. The van der Waals surface area contributed by atoms with Gasteiger partial charge in [0.05, 0.1) is 18.8 Å². The molecule has 2 saturated carbocycles. The van der Waals surface area contributed by atoms with E-state index in [9.17, 15) is 33.6 Å². The molecule has 0 radical (unpaired) electrons. The fraction of sp³-hybridized carbons (Fsp3) is 0.585. The molecule has 1 aromatic heterocycles. The number of ether oxygens (including phenoxy) is 1. The predicted octanol–water partition coefficient (Wildman–Crippen LogP) is 2.83. The molecule has 1 aromatic carbocycles. The van der Waals surface area contributed by atoms with Gasteiger partial charge >= 0.3 is 0 Å². The molecule has 2 aliphatic carbocycles. The summed E-state index contributed by atoms with van der Waals surface area (Å²) >= 11 is 0. The lowest BCUT2D eigenvalue weighted by atomic mass is 9.82. The van der Waals surface area contributed by atoms with E-state index in [-0.39, 0.29) is 42.9 Å². The summed E-state index contributed by atoms with van der Waals surface area (Å²) in [5, 5.41) is 14.0. The first kappa shape index (κ1) is 42.7. The van der Waals surface area contributed by atoms with E-state index in [0.717, 1.165) is 32.1 Å². The Bertz CT molecular complexity index is 1770. The largest absolute Gasteiger partial charge is 0.488 e. The molecule has 3 fully saturated rings. The predicted molar refractivity (Wildman–Crippen MR) is 210 cm³/mol. The molecule has 0 bridgehead atoms. The standard InChI is InChI=1S/C41H56N8O8/c1-6-10-30(34(51)39(55)45-27-13-14-27)46-37(53)32-21-29(57-28-17-15-26(16-18-28)44-24(2)50)23-49(32)40(56)35(41(3,4)5)48-38(54)33(25-11-8-7-9-12-25)47-36(52)31-22-42-19-20-43-31/h15-20,22,25,27,29-30,32-33,35H,6-14,21,23H2,1-5H3,(H,44,50)(H,45,55)(H,46,53)(H,47,52)(H,48,54)/t29-,30+,32+,33+,35-/m1/s1. The third kappa shape index (κ3) is 11.8. The number of nitrogens with zero attached hydrogens (tertiary/aromatic N) is 3. The van der Waals surface area contributed by atoms with Crippen LogP contribution in [0.15, 0.2) is 42.9 Å². The maximum absolute atomic E-state index is 14.8. The Kier molecular flexibility index (Phi) is 14.4. The van der Waals surface area contributed by atoms with Gasteiger partial charge in [0.25, 0.3) is 11.8 Å². The second-order valence-electron chi connectivity index (χ2n) is 16.4. The number of benzene rings is 1. The Morgan fingerprint density at radius 1 is 0.912 bits per heavy atom. The van der Waals surface area contributed by atoms with Crippen LogP contribution in [0.5, 0.6) is 5.75 Å². The number of Topliss-reactive ketones (excluding diaryl/α,β-unsaturated/α-hetero) is 1. The van der Waals surface area contributed by atoms with Gasteiger partial charge < -0.3 is 36.2 Å². The van der Waals surface area contributed by atoms with Crippen LogP contribution in [0.25, 0.3) is 0 Å². The maximum Gasteiger partial charge on any atom is 0.289 e. The van der Waals surface area contributed by atoms with Crippen molar-refractivity contribution in [3.63, 3.8) is 0 Å². The maximum atomic E-state index is 14.8. The highest BCUT2D eigenvalue weighted by Crippen LogP contribution is 2.31. The lowest BCUT2D eigenvalue weighted by molar-refractivity contribution is -0.145. The summed E-state index contributed by atoms with van der Waals surface area (Å²) < 4.78 is 6.27. The van der Waals surface area contributed by atoms with E-state index in [1.54, 1.807) is 45.0 Å². The summed E-state index contributed by atoms with van der Waals surface area (Å²) in [6.45, 7) is 8.61. The molecule has 5 rings (SSSR count). The molecule has 2 heterocycles. The van der Waals surface area contributed by atoms with Gasteiger partial charge in [-0.2, -0.15) is 0 Å². The quantitative estimate of drug-likeness (QED) is 0.157. The number of likely N-dealkylation sites (tertiary alicyclic amines) is 1. The molecule has 2 aromatic rings. The Labute approximate surface area is 333 Å². The van der Waals surface area contributed by atoms with Crippen LogP contribution in [0, 0.1) is 11.3 Å². The van der Waals surface area contributed by atoms with Crippen LogP contribution in [0.2, 0.25) is 0 Å². The van der Waals surface area contributed by atoms with Gasteiger partial charge in [0.15, 0.2) is 0 Å². The first-order valence-electron chi connectivity index (χ1n) is 20.0. The molecular weight excluding hydrogens is 732 g/mol. The highest BCUT2D eigenvalue weighted by molar-refractivity contribution is 6.38. The molecule has 1 saturated heterocycles. The van der Waals surface area contributed by atoms with Gasteiger partial charge in [-0.15, -0.1) is 0 Å². The van der Waals surface area contributed by atoms with E-state index < -0.39 is 71.0 Å². The summed E-state index contributed by atoms with van der Waals surface area (Å²) in [7, 11) is 0. The lowest BCUT2D eigenvalue weighted by Crippen LogP contribution is -2.62. The number of rotatable bonds is 16. The number of hydrogen-bond acceptors (Lipinski definition) is 10. The van der Waals surface area contributed by atoms with Crippen molar-refractivity contribution in [2.45, 2.75) is 135 Å². The first-order valence-corrected chi connectivity index (χ1v) is 20.0. The molecule has 308 valence electrons. The van der Waals surface area contributed by atoms with Crippen LogP contribution in [0.4, 0.5) is 5.69 Å². The van der Waals surface area contributed by atoms with Gasteiger partial charge in [0.1, 0.15) is 35.7 Å². The van der Waals surface area contributed by atoms with Crippen molar-refractivity contribution in [3.8, 4) is 5.75 Å². The minimum atomic E-state index is -1.15. The van der Waals surface area contributed by atoms with Crippen LogP contribution in [-0.4, -0.2) is 99.0 Å². The SMILES string of the molecule is CCC[C@H](NC(=O)[C@@H]1C[C@@H](Oc2ccc(NC(C)=O)cc2)CN1C(=O)[C@@H](NC(=O)[C@@H](NC(=O)c1cnccn1)C1CCCCC1)C(C)(C)C)C(=O)C(=O)NC1CC1. The third-order valence-electron chi connectivity index (χ3n) is 10.6. The summed E-state index contributed by atoms with van der Waals surface area (Å²) in [5.74, 6) is -3.75. The van der Waals surface area contributed by atoms with Gasteiger partial charge in [-0.05, 0) is 67.7 Å². The average molecular weight is 789 g/mol. The van der Waals surface area contributed by atoms with Crippen molar-refractivity contribution in [2.75, 3.05) is 11.9 Å². The number of amides is 6. The van der Waals surface area contributed by atoms with Crippen LogP contribution in [-0.2, 0) is 28.8 Å². The number of carbonyl (C=O) groups is 7. The summed E-state index contributed by atoms with van der Waals surface area (Å²) in [6.07, 6.45) is 10.1. The van der Waals surface area contributed by atoms with Gasteiger partial charge in [-0.25, -0.2) is 4.98 Å². The molecular formula is C41H56N8O8. The molecule has 16 heteroatoms. The molecule has 0 spiro atoms. The van der Waals surface area contributed by atoms with E-state index >= 15 is 0 Å². The molecule has 6 amide bonds. The smallest absolute Gasteiger partial charge is 0.289 e. The summed E-state index contributed by atoms with van der Waals surface area (Å²) in [6, 6.07) is 2.29. The minimum absolute atomic E-state index is 0.0309. The van der Waals surface area contributed by atoms with Crippen molar-refractivity contribution in [1.29, 1.82) is 0 Å². The van der Waals surface area contributed by atoms with E-state index in [2.05, 4.69) is 36.6 Å². The van der Waals surface area contributed by atoms with E-state index in [0.29, 0.717) is 30.7 Å². The van der Waals surface area contributed by atoms with Gasteiger partial charge in [0.2, 0.25) is 29.4 Å². The van der Waals surface area contributed by atoms with Gasteiger partial charge in [-0.3, -0.25) is 38.5 Å². The highest BCUT2D eigenvalue weighted by atomic mass is 16.5. The molecule has 57 heavy (non-hydrogen) atoms. The van der Waals surface area contributed by atoms with E-state index in [4.69, 9.17) is 4.74 Å². The second kappa shape index (κ2) is 19.2. The normalized spacial score (nSPS) is 20.0. The molecule has 5 atom stereocenters. The highest BCUT2D eigenvalue weighted by Gasteiger charge is 2.47. The van der Waals surface area contributed by atoms with Crippen LogP contribution in [0.3, 0.4) is 0 Å². The Morgan fingerprint density at radius 2 is 1.61 bits per heavy atom. The topological polar surface area (TPSA) is 218 Å². The lowest BCUT2D eigenvalue weighted by Gasteiger charge is -2.37. The molecule has 16 nitrogen and oxygen atoms in total. The van der Waals surface area contributed by atoms with Crippen LogP contribution in [0.1, 0.15) is 109 Å². The Balaban J connectivity index is 1.40. The van der Waals surface area contributed by atoms with Crippen LogP contribution < -0.4 is 31.3 Å². The number of anilines is 1. The fourth-order valence-corrected chi connectivity index (χ4v) is 7.40. The van der Waals surface area contributed by atoms with E-state index in [1.807, 2.05) is 6.92 Å². The average Bonchev–Trinajstić information content (AvgIpc) is 3.90. The zero-order valence-corrected chi connectivity index (χ0v) is 33.5. The number of aromatic nitrogens is 2. The molecule has 0 unspecified atom stereocenters. The zero-order valence-electron chi connectivity index (χ0n) is 33.5. The minimum Gasteiger partial charge on any atom is -0.488 e. The third-order valence-corrected chi connectivity index (χ3v) is 10.6. The molecule has 3 aliphatic rings. The Hall–Kier alpha value is -5.41. The number of hydrogen-bond donors (Lipinski definition) is 5. The molecule has 1 aliphatic heterocycles. The molecule has 5 N–H and O–H groups in total. The van der Waals surface area contributed by atoms with Gasteiger partial charge in [-0.1, -0.05) is 53.4 Å². The summed E-state index contributed by atoms with van der Waals surface area (Å²) in [4.78, 5) is 104. The van der Waals surface area contributed by atoms with Crippen molar-refractivity contribution < 1.29 is 38.3 Å². The van der Waals surface area contributed by atoms with Crippen molar-refractivity contribution in [2.24, 2.45) is 11.3 Å². The fourth-order valence-electron chi connectivity index (χ4n) is 7.40. The monoisotopic (exact) mass is 788 g/mol. The van der Waals surface area contributed by atoms with Crippen molar-refractivity contribution in [3.05, 3.63) is 48.5 Å². The van der Waals surface area contributed by atoms with E-state index in [1.165, 1.54) is 30.4 Å². The number of carbonyl (C=O) groups excluding carboxylic acids is 7. The second-order valence-corrected chi connectivity index (χ2v) is 16.4. The first-order chi connectivity index (χ1) is 27.1. The summed E-state index contributed by atoms with van der Waals surface area (Å²) in [5.41, 5.74) is -0.239. The van der Waals surface area contributed by atoms with Crippen molar-refractivity contribution >= 4 is 46.9 Å². The van der Waals surface area contributed by atoms with Crippen molar-refractivity contribution in [1.82, 2.24) is 36.1 Å².